The average Bonchev–Trinajstić information content (AvgIpc) is 2.46. The Bertz CT molecular complexity index is 679. The number of para-hydroxylation sites is 2. The molecule has 0 bridgehead atoms. The van der Waals surface area contributed by atoms with Crippen LogP contribution < -0.4 is 10.9 Å². The Balaban J connectivity index is 2.04. The van der Waals surface area contributed by atoms with Gasteiger partial charge >= 0.3 is 0 Å². The van der Waals surface area contributed by atoms with Crippen molar-refractivity contribution in [1.82, 2.24) is 19.8 Å². The van der Waals surface area contributed by atoms with Gasteiger partial charge in [-0.3, -0.25) is 14.2 Å². The average molecular weight is 288 g/mol. The van der Waals surface area contributed by atoms with Gasteiger partial charge in [-0.2, -0.15) is 0 Å². The third kappa shape index (κ3) is 4.13. The Hall–Kier alpha value is -2.21. The van der Waals surface area contributed by atoms with E-state index in [1.807, 2.05) is 32.3 Å². The number of carbonyl (C=O) groups is 1. The minimum Gasteiger partial charge on any atom is -0.355 e. The predicted molar refractivity (Wildman–Crippen MR) is 82.2 cm³/mol. The molecular formula is C15H20N4O2. The Morgan fingerprint density at radius 2 is 2.10 bits per heavy atom. The second-order valence-electron chi connectivity index (χ2n) is 5.18. The van der Waals surface area contributed by atoms with Crippen LogP contribution in [-0.2, 0) is 11.3 Å². The van der Waals surface area contributed by atoms with Crippen LogP contribution in [0.4, 0.5) is 0 Å². The predicted octanol–water partition coefficient (Wildman–Crippen LogP) is 0.464. The van der Waals surface area contributed by atoms with Crippen LogP contribution in [0.2, 0.25) is 0 Å². The summed E-state index contributed by atoms with van der Waals surface area (Å²) in [7, 11) is 3.98. The van der Waals surface area contributed by atoms with Crippen molar-refractivity contribution in [3.63, 3.8) is 0 Å². The van der Waals surface area contributed by atoms with Crippen molar-refractivity contribution in [2.45, 2.75) is 13.0 Å². The molecule has 0 fully saturated rings. The summed E-state index contributed by atoms with van der Waals surface area (Å²) in [6.45, 7) is 1.54. The zero-order chi connectivity index (χ0) is 15.2. The number of aromatic nitrogens is 2. The van der Waals surface area contributed by atoms with Crippen LogP contribution in [0.15, 0.2) is 35.3 Å². The van der Waals surface area contributed by atoms with Gasteiger partial charge in [-0.05, 0) is 39.2 Å². The third-order valence-corrected chi connectivity index (χ3v) is 3.16. The molecule has 6 heteroatoms. The van der Waals surface area contributed by atoms with E-state index in [4.69, 9.17) is 0 Å². The number of nitrogens with zero attached hydrogens (tertiary/aromatic N) is 3. The highest BCUT2D eigenvalue weighted by molar-refractivity contribution is 5.79. The second-order valence-corrected chi connectivity index (χ2v) is 5.18. The number of benzene rings is 1. The van der Waals surface area contributed by atoms with Gasteiger partial charge in [0.2, 0.25) is 5.91 Å². The molecule has 1 aromatic carbocycles. The maximum Gasteiger partial charge on any atom is 0.269 e. The van der Waals surface area contributed by atoms with Gasteiger partial charge < -0.3 is 10.2 Å². The highest BCUT2D eigenvalue weighted by Gasteiger charge is 2.08. The third-order valence-electron chi connectivity index (χ3n) is 3.16. The lowest BCUT2D eigenvalue weighted by atomic mass is 10.3. The van der Waals surface area contributed by atoms with Crippen LogP contribution in [0.1, 0.15) is 6.42 Å². The smallest absolute Gasteiger partial charge is 0.269 e. The van der Waals surface area contributed by atoms with Crippen molar-refractivity contribution in [1.29, 1.82) is 0 Å². The summed E-state index contributed by atoms with van der Waals surface area (Å²) in [6, 6.07) is 7.30. The number of carbonyl (C=O) groups excluding carboxylic acids is 1. The summed E-state index contributed by atoms with van der Waals surface area (Å²) < 4.78 is 1.45. The molecule has 0 unspecified atom stereocenters. The lowest BCUT2D eigenvalue weighted by Crippen LogP contribution is -2.33. The van der Waals surface area contributed by atoms with Crippen LogP contribution in [0.3, 0.4) is 0 Å². The number of nitrogens with one attached hydrogen (secondary N) is 1. The summed E-state index contributed by atoms with van der Waals surface area (Å²) in [5, 5.41) is 2.83. The zero-order valence-corrected chi connectivity index (χ0v) is 12.4. The molecule has 1 N–H and O–H groups in total. The van der Waals surface area contributed by atoms with Crippen LogP contribution >= 0.6 is 0 Å². The fourth-order valence-electron chi connectivity index (χ4n) is 2.10. The molecule has 0 aliphatic carbocycles. The second kappa shape index (κ2) is 6.99. The first-order valence-corrected chi connectivity index (χ1v) is 6.94. The van der Waals surface area contributed by atoms with E-state index in [9.17, 15) is 9.59 Å². The number of hydrogen-bond acceptors (Lipinski definition) is 4. The molecule has 1 aromatic heterocycles. The molecule has 0 atom stereocenters. The molecular weight excluding hydrogens is 268 g/mol. The molecule has 112 valence electrons. The van der Waals surface area contributed by atoms with Crippen molar-refractivity contribution in [3.05, 3.63) is 40.8 Å². The maximum absolute atomic E-state index is 11.9. The summed E-state index contributed by atoms with van der Waals surface area (Å²) >= 11 is 0. The molecule has 1 amide bonds. The first-order chi connectivity index (χ1) is 10.1. The minimum atomic E-state index is -0.267. The molecule has 6 nitrogen and oxygen atoms in total. The molecule has 0 spiro atoms. The Morgan fingerprint density at radius 3 is 2.86 bits per heavy atom. The van der Waals surface area contributed by atoms with Gasteiger partial charge in [0.15, 0.2) is 0 Å². The van der Waals surface area contributed by atoms with Crippen LogP contribution in [0.25, 0.3) is 11.0 Å². The van der Waals surface area contributed by atoms with Crippen molar-refractivity contribution >= 4 is 16.9 Å². The van der Waals surface area contributed by atoms with E-state index < -0.39 is 0 Å². The van der Waals surface area contributed by atoms with Crippen LogP contribution in [-0.4, -0.2) is 47.5 Å². The zero-order valence-electron chi connectivity index (χ0n) is 12.4. The lowest BCUT2D eigenvalue weighted by molar-refractivity contribution is -0.121. The van der Waals surface area contributed by atoms with E-state index in [0.717, 1.165) is 13.0 Å². The van der Waals surface area contributed by atoms with E-state index in [2.05, 4.69) is 15.2 Å². The van der Waals surface area contributed by atoms with Crippen LogP contribution in [0, 0.1) is 0 Å². The summed E-state index contributed by atoms with van der Waals surface area (Å²) in [5.41, 5.74) is 1.11. The maximum atomic E-state index is 11.9. The number of rotatable bonds is 6. The summed E-state index contributed by atoms with van der Waals surface area (Å²) in [6.07, 6.45) is 2.13. The largest absolute Gasteiger partial charge is 0.355 e. The minimum absolute atomic E-state index is 0.0177. The molecule has 1 heterocycles. The molecule has 2 aromatic rings. The fraction of sp³-hybridized carbons (Fsp3) is 0.400. The normalized spacial score (nSPS) is 11.0. The van der Waals surface area contributed by atoms with Crippen molar-refractivity contribution in [2.75, 3.05) is 27.2 Å². The molecule has 0 radical (unpaired) electrons. The van der Waals surface area contributed by atoms with Gasteiger partial charge in [0.25, 0.3) is 5.56 Å². The van der Waals surface area contributed by atoms with Gasteiger partial charge in [0.05, 0.1) is 17.2 Å². The van der Waals surface area contributed by atoms with Gasteiger partial charge in [-0.25, -0.2) is 4.98 Å². The Morgan fingerprint density at radius 1 is 1.33 bits per heavy atom. The van der Waals surface area contributed by atoms with E-state index >= 15 is 0 Å². The standard InChI is InChI=1S/C15H20N4O2/c1-18(2)9-5-8-16-14(20)11-19-13-7-4-3-6-12(13)17-10-15(19)21/h3-4,6-7,10H,5,8-9,11H2,1-2H3,(H,16,20). The molecule has 0 saturated heterocycles. The highest BCUT2D eigenvalue weighted by atomic mass is 16.2. The first-order valence-electron chi connectivity index (χ1n) is 6.94. The number of amides is 1. The van der Waals surface area contributed by atoms with Gasteiger partial charge in [0.1, 0.15) is 6.54 Å². The SMILES string of the molecule is CN(C)CCCNC(=O)Cn1c(=O)cnc2ccccc21. The first kappa shape index (κ1) is 15.2. The molecule has 0 aliphatic rings. The lowest BCUT2D eigenvalue weighted by Gasteiger charge is -2.11. The van der Waals surface area contributed by atoms with Crippen LogP contribution in [0.5, 0.6) is 0 Å². The number of hydrogen-bond donors (Lipinski definition) is 1. The van der Waals surface area contributed by atoms with E-state index in [1.54, 1.807) is 6.07 Å². The molecule has 21 heavy (non-hydrogen) atoms. The van der Waals surface area contributed by atoms with E-state index in [-0.39, 0.29) is 18.0 Å². The molecule has 0 saturated carbocycles. The number of fused-ring (bicyclic) bond motifs is 1. The fourth-order valence-corrected chi connectivity index (χ4v) is 2.10. The quantitative estimate of drug-likeness (QED) is 0.784. The van der Waals surface area contributed by atoms with Gasteiger partial charge in [0, 0.05) is 6.54 Å². The van der Waals surface area contributed by atoms with Crippen molar-refractivity contribution < 1.29 is 4.79 Å². The summed E-state index contributed by atoms with van der Waals surface area (Å²) in [5.74, 6) is -0.160. The van der Waals surface area contributed by atoms with Gasteiger partial charge in [-0.1, -0.05) is 12.1 Å². The molecule has 2 rings (SSSR count). The van der Waals surface area contributed by atoms with Crippen molar-refractivity contribution in [2.24, 2.45) is 0 Å². The van der Waals surface area contributed by atoms with E-state index in [1.165, 1.54) is 10.8 Å². The Kier molecular flexibility index (Phi) is 5.05. The highest BCUT2D eigenvalue weighted by Crippen LogP contribution is 2.07. The van der Waals surface area contributed by atoms with Gasteiger partial charge in [-0.15, -0.1) is 0 Å². The topological polar surface area (TPSA) is 67.2 Å². The molecule has 0 aliphatic heterocycles. The Labute approximate surface area is 123 Å². The van der Waals surface area contributed by atoms with Crippen molar-refractivity contribution in [3.8, 4) is 0 Å². The monoisotopic (exact) mass is 288 g/mol. The summed E-state index contributed by atoms with van der Waals surface area (Å²) in [4.78, 5) is 30.0. The van der Waals surface area contributed by atoms with E-state index in [0.29, 0.717) is 17.6 Å².